The van der Waals surface area contributed by atoms with Crippen molar-refractivity contribution in [3.05, 3.63) is 35.9 Å². The maximum atomic E-state index is 10.5. The van der Waals surface area contributed by atoms with Crippen LogP contribution in [0.2, 0.25) is 0 Å². The van der Waals surface area contributed by atoms with Crippen LogP contribution in [0.3, 0.4) is 0 Å². The molecular formula is C9H9BrO3. The third-order valence-corrected chi connectivity index (χ3v) is 2.55. The summed E-state index contributed by atoms with van der Waals surface area (Å²) in [5, 5.41) is 18.1. The summed E-state index contributed by atoms with van der Waals surface area (Å²) in [5.74, 6) is -1.07. The Hall–Kier alpha value is -0.870. The zero-order chi connectivity index (χ0) is 9.84. The van der Waals surface area contributed by atoms with Crippen LogP contribution in [0.25, 0.3) is 0 Å². The lowest BCUT2D eigenvalue weighted by Crippen LogP contribution is -2.21. The zero-order valence-corrected chi connectivity index (χ0v) is 8.31. The van der Waals surface area contributed by atoms with Gasteiger partial charge in [0.05, 0.1) is 0 Å². The molecule has 2 atom stereocenters. The lowest BCUT2D eigenvalue weighted by Gasteiger charge is -2.13. The van der Waals surface area contributed by atoms with Crippen molar-refractivity contribution in [2.24, 2.45) is 0 Å². The second-order valence-corrected chi connectivity index (χ2v) is 3.58. The fourth-order valence-corrected chi connectivity index (χ4v) is 1.26. The van der Waals surface area contributed by atoms with Crippen molar-refractivity contribution in [2.45, 2.75) is 10.9 Å². The molecule has 2 N–H and O–H groups in total. The summed E-state index contributed by atoms with van der Waals surface area (Å²) in [5.41, 5.74) is 0.590. The third-order valence-electron chi connectivity index (χ3n) is 1.65. The molecule has 0 heterocycles. The lowest BCUT2D eigenvalue weighted by atomic mass is 10.1. The molecule has 0 spiro atoms. The molecule has 0 aliphatic carbocycles. The number of alkyl halides is 1. The Morgan fingerprint density at radius 1 is 1.31 bits per heavy atom. The van der Waals surface area contributed by atoms with Crippen molar-refractivity contribution in [1.82, 2.24) is 0 Å². The largest absolute Gasteiger partial charge is 0.480 e. The quantitative estimate of drug-likeness (QED) is 0.794. The number of carboxylic acid groups (broad SMARTS) is 1. The minimum atomic E-state index is -1.07. The van der Waals surface area contributed by atoms with Gasteiger partial charge in [-0.3, -0.25) is 4.79 Å². The molecule has 0 saturated carbocycles. The summed E-state index contributed by atoms with van der Waals surface area (Å²) in [7, 11) is 0. The Labute approximate surface area is 84.1 Å². The summed E-state index contributed by atoms with van der Waals surface area (Å²) in [4.78, 5) is 9.54. The third kappa shape index (κ3) is 2.54. The van der Waals surface area contributed by atoms with Crippen molar-refractivity contribution in [1.29, 1.82) is 0 Å². The predicted molar refractivity (Wildman–Crippen MR) is 51.8 cm³/mol. The van der Waals surface area contributed by atoms with Gasteiger partial charge in [0.2, 0.25) is 0 Å². The van der Waals surface area contributed by atoms with E-state index in [0.29, 0.717) is 5.56 Å². The van der Waals surface area contributed by atoms with E-state index in [4.69, 9.17) is 5.11 Å². The molecular weight excluding hydrogens is 236 g/mol. The van der Waals surface area contributed by atoms with Crippen LogP contribution in [0.5, 0.6) is 0 Å². The van der Waals surface area contributed by atoms with Crippen LogP contribution >= 0.6 is 15.9 Å². The van der Waals surface area contributed by atoms with Crippen molar-refractivity contribution in [3.63, 3.8) is 0 Å². The van der Waals surface area contributed by atoms with Gasteiger partial charge in [-0.05, 0) is 5.56 Å². The number of aliphatic hydroxyl groups excluding tert-OH is 1. The van der Waals surface area contributed by atoms with E-state index in [1.165, 1.54) is 0 Å². The van der Waals surface area contributed by atoms with Gasteiger partial charge in [0.1, 0.15) is 10.9 Å². The van der Waals surface area contributed by atoms with Crippen molar-refractivity contribution < 1.29 is 15.0 Å². The molecule has 0 radical (unpaired) electrons. The summed E-state index contributed by atoms with van der Waals surface area (Å²) in [6.45, 7) is 0. The summed E-state index contributed by atoms with van der Waals surface area (Å²) >= 11 is 2.89. The van der Waals surface area contributed by atoms with Crippen LogP contribution in [-0.2, 0) is 4.79 Å². The number of halogens is 1. The van der Waals surface area contributed by atoms with Crippen molar-refractivity contribution in [3.8, 4) is 0 Å². The molecule has 3 nitrogen and oxygen atoms in total. The van der Waals surface area contributed by atoms with Gasteiger partial charge in [0.25, 0.3) is 0 Å². The first kappa shape index (κ1) is 10.2. The first-order valence-corrected chi connectivity index (χ1v) is 4.64. The molecule has 1 aromatic carbocycles. The lowest BCUT2D eigenvalue weighted by molar-refractivity contribution is -0.138. The van der Waals surface area contributed by atoms with Crippen molar-refractivity contribution in [2.75, 3.05) is 0 Å². The highest BCUT2D eigenvalue weighted by Gasteiger charge is 2.24. The molecule has 1 rings (SSSR count). The van der Waals surface area contributed by atoms with Crippen LogP contribution in [0.1, 0.15) is 11.7 Å². The molecule has 0 fully saturated rings. The van der Waals surface area contributed by atoms with Gasteiger partial charge < -0.3 is 10.2 Å². The number of carbonyl (C=O) groups is 1. The van der Waals surface area contributed by atoms with E-state index in [1.807, 2.05) is 0 Å². The van der Waals surface area contributed by atoms with E-state index >= 15 is 0 Å². The number of hydrogen-bond donors (Lipinski definition) is 2. The van der Waals surface area contributed by atoms with Gasteiger partial charge in [-0.1, -0.05) is 46.3 Å². The van der Waals surface area contributed by atoms with Gasteiger partial charge in [-0.15, -0.1) is 0 Å². The highest BCUT2D eigenvalue weighted by molar-refractivity contribution is 9.10. The molecule has 0 aliphatic heterocycles. The molecule has 0 aliphatic rings. The highest BCUT2D eigenvalue weighted by atomic mass is 79.9. The van der Waals surface area contributed by atoms with E-state index in [2.05, 4.69) is 15.9 Å². The molecule has 0 saturated heterocycles. The van der Waals surface area contributed by atoms with E-state index in [1.54, 1.807) is 30.3 Å². The fourth-order valence-electron chi connectivity index (χ4n) is 0.954. The van der Waals surface area contributed by atoms with Gasteiger partial charge in [-0.25, -0.2) is 0 Å². The maximum absolute atomic E-state index is 10.5. The maximum Gasteiger partial charge on any atom is 0.320 e. The molecule has 0 aromatic heterocycles. The standard InChI is InChI=1S/C9H9BrO3/c10-7(9(12)13)8(11)6-4-2-1-3-5-6/h1-5,7-8,11H,(H,12,13)/t7-,8+/m1/s1. The topological polar surface area (TPSA) is 57.5 Å². The molecule has 13 heavy (non-hydrogen) atoms. The van der Waals surface area contributed by atoms with Crippen LogP contribution in [0, 0.1) is 0 Å². The number of aliphatic hydroxyl groups is 1. The van der Waals surface area contributed by atoms with Crippen LogP contribution in [0.4, 0.5) is 0 Å². The van der Waals surface area contributed by atoms with E-state index in [0.717, 1.165) is 0 Å². The molecule has 0 unspecified atom stereocenters. The average Bonchev–Trinajstić information content (AvgIpc) is 2.17. The van der Waals surface area contributed by atoms with Crippen LogP contribution < -0.4 is 0 Å². The Morgan fingerprint density at radius 2 is 1.85 bits per heavy atom. The highest BCUT2D eigenvalue weighted by Crippen LogP contribution is 2.21. The molecule has 70 valence electrons. The number of benzene rings is 1. The van der Waals surface area contributed by atoms with Crippen molar-refractivity contribution >= 4 is 21.9 Å². The monoisotopic (exact) mass is 244 g/mol. The number of carboxylic acids is 1. The first-order chi connectivity index (χ1) is 6.13. The minimum Gasteiger partial charge on any atom is -0.480 e. The molecule has 4 heteroatoms. The summed E-state index contributed by atoms with van der Waals surface area (Å²) in [6.07, 6.45) is -1.02. The Kier molecular flexibility index (Phi) is 3.45. The smallest absolute Gasteiger partial charge is 0.320 e. The van der Waals surface area contributed by atoms with Gasteiger partial charge in [-0.2, -0.15) is 0 Å². The van der Waals surface area contributed by atoms with Gasteiger partial charge in [0.15, 0.2) is 0 Å². The SMILES string of the molecule is O=C(O)[C@H](Br)[C@@H](O)c1ccccc1. The van der Waals surface area contributed by atoms with E-state index < -0.39 is 16.9 Å². The van der Waals surface area contributed by atoms with Gasteiger partial charge in [0, 0.05) is 0 Å². The molecule has 0 amide bonds. The van der Waals surface area contributed by atoms with Crippen LogP contribution in [-0.4, -0.2) is 21.0 Å². The second kappa shape index (κ2) is 4.39. The normalized spacial score (nSPS) is 14.9. The van der Waals surface area contributed by atoms with E-state index in [-0.39, 0.29) is 0 Å². The predicted octanol–water partition coefficient (Wildman–Crippen LogP) is 1.57. The minimum absolute atomic E-state index is 0.590. The number of rotatable bonds is 3. The number of aliphatic carboxylic acids is 1. The Morgan fingerprint density at radius 3 is 2.31 bits per heavy atom. The number of hydrogen-bond acceptors (Lipinski definition) is 2. The first-order valence-electron chi connectivity index (χ1n) is 3.73. The molecule has 0 bridgehead atoms. The second-order valence-electron chi connectivity index (χ2n) is 2.60. The fraction of sp³-hybridized carbons (Fsp3) is 0.222. The summed E-state index contributed by atoms with van der Waals surface area (Å²) < 4.78 is 0. The summed E-state index contributed by atoms with van der Waals surface area (Å²) in [6, 6.07) is 8.67. The van der Waals surface area contributed by atoms with Crippen LogP contribution in [0.15, 0.2) is 30.3 Å². The van der Waals surface area contributed by atoms with E-state index in [9.17, 15) is 9.90 Å². The molecule has 1 aromatic rings. The van der Waals surface area contributed by atoms with Gasteiger partial charge >= 0.3 is 5.97 Å². The average molecular weight is 245 g/mol. The zero-order valence-electron chi connectivity index (χ0n) is 6.72. The Balaban J connectivity index is 2.79. The Bertz CT molecular complexity index is 286.